The summed E-state index contributed by atoms with van der Waals surface area (Å²) in [6, 6.07) is 9.95. The van der Waals surface area contributed by atoms with Gasteiger partial charge in [-0.25, -0.2) is 10.4 Å². The minimum Gasteiger partial charge on any atom is -0.504 e. The molecule has 1 atom stereocenters. The Morgan fingerprint density at radius 2 is 2.11 bits per heavy atom. The third-order valence-corrected chi connectivity index (χ3v) is 4.68. The van der Waals surface area contributed by atoms with Gasteiger partial charge < -0.3 is 20.3 Å². The Kier molecular flexibility index (Phi) is 5.41. The maximum absolute atomic E-state index is 12.2. The van der Waals surface area contributed by atoms with Gasteiger partial charge in [-0.2, -0.15) is 5.10 Å². The van der Waals surface area contributed by atoms with Crippen LogP contribution in [0.15, 0.2) is 41.5 Å². The summed E-state index contributed by atoms with van der Waals surface area (Å²) in [5.41, 5.74) is 3.74. The van der Waals surface area contributed by atoms with Gasteiger partial charge in [0.2, 0.25) is 5.75 Å². The lowest BCUT2D eigenvalue weighted by Gasteiger charge is -2.10. The molecule has 1 aromatic heterocycles. The summed E-state index contributed by atoms with van der Waals surface area (Å²) in [6.07, 6.45) is 1.34. The van der Waals surface area contributed by atoms with E-state index >= 15 is 0 Å². The average Bonchev–Trinajstić information content (AvgIpc) is 3.06. The zero-order valence-electron chi connectivity index (χ0n) is 14.6. The van der Waals surface area contributed by atoms with Crippen molar-refractivity contribution in [1.82, 2.24) is 10.4 Å². The molecule has 3 rings (SSSR count). The van der Waals surface area contributed by atoms with Crippen molar-refractivity contribution in [2.75, 3.05) is 12.4 Å². The van der Waals surface area contributed by atoms with Gasteiger partial charge in [0.1, 0.15) is 6.04 Å². The molecule has 0 aliphatic heterocycles. The Labute approximate surface area is 159 Å². The van der Waals surface area contributed by atoms with E-state index in [-0.39, 0.29) is 23.2 Å². The van der Waals surface area contributed by atoms with Gasteiger partial charge in [-0.05, 0) is 31.2 Å². The molecule has 0 saturated heterocycles. The quantitative estimate of drug-likeness (QED) is 0.294. The standard InChI is InChI=1S/C18H18N4O4S/c1-10(20-18-21-12-5-3-4-6-15(12)27-18)17(25)22-19-9-11-7-13(23)16(24)14(8-11)26-2/h3-10,23-24H,1-2H3,(H,20,21)(H,22,25)/b19-9+/t10-/m0/s1. The van der Waals surface area contributed by atoms with E-state index in [1.54, 1.807) is 6.92 Å². The number of phenols is 2. The molecule has 0 fully saturated rings. The number of methoxy groups -OCH3 is 1. The highest BCUT2D eigenvalue weighted by Gasteiger charge is 2.14. The molecule has 0 aliphatic rings. The minimum absolute atomic E-state index is 0.105. The van der Waals surface area contributed by atoms with Crippen molar-refractivity contribution in [2.45, 2.75) is 13.0 Å². The van der Waals surface area contributed by atoms with Crippen LogP contribution in [-0.4, -0.2) is 40.5 Å². The summed E-state index contributed by atoms with van der Waals surface area (Å²) in [7, 11) is 1.37. The number of nitrogens with zero attached hydrogens (tertiary/aromatic N) is 2. The number of anilines is 1. The molecule has 4 N–H and O–H groups in total. The van der Waals surface area contributed by atoms with Gasteiger partial charge in [0.25, 0.3) is 5.91 Å². The van der Waals surface area contributed by atoms with Crippen LogP contribution in [0.1, 0.15) is 12.5 Å². The van der Waals surface area contributed by atoms with Crippen LogP contribution >= 0.6 is 11.3 Å². The molecule has 0 saturated carbocycles. The van der Waals surface area contributed by atoms with Crippen molar-refractivity contribution in [1.29, 1.82) is 0 Å². The van der Waals surface area contributed by atoms with Gasteiger partial charge in [-0.1, -0.05) is 23.5 Å². The number of thiazole rings is 1. The van der Waals surface area contributed by atoms with E-state index in [2.05, 4.69) is 20.8 Å². The first-order chi connectivity index (χ1) is 13.0. The molecule has 1 amide bonds. The number of ether oxygens (including phenoxy) is 1. The molecular formula is C18H18N4O4S. The summed E-state index contributed by atoms with van der Waals surface area (Å²) >= 11 is 1.46. The van der Waals surface area contributed by atoms with Crippen LogP contribution in [0, 0.1) is 0 Å². The second kappa shape index (κ2) is 7.92. The number of aromatic nitrogens is 1. The molecule has 0 unspecified atom stereocenters. The summed E-state index contributed by atoms with van der Waals surface area (Å²) in [5.74, 6) is -0.936. The number of amides is 1. The number of carbonyl (C=O) groups is 1. The van der Waals surface area contributed by atoms with Crippen LogP contribution in [0.5, 0.6) is 17.2 Å². The predicted molar refractivity (Wildman–Crippen MR) is 105 cm³/mol. The molecule has 0 radical (unpaired) electrons. The number of para-hydroxylation sites is 1. The maximum atomic E-state index is 12.2. The lowest BCUT2D eigenvalue weighted by molar-refractivity contribution is -0.121. The SMILES string of the molecule is COc1cc(/C=N/NC(=O)[C@H](C)Nc2nc3ccccc3s2)cc(O)c1O. The molecular weight excluding hydrogens is 368 g/mol. The van der Waals surface area contributed by atoms with Gasteiger partial charge in [0.15, 0.2) is 16.6 Å². The lowest BCUT2D eigenvalue weighted by Crippen LogP contribution is -2.34. The molecule has 3 aromatic rings. The average molecular weight is 386 g/mol. The first kappa shape index (κ1) is 18.5. The number of benzene rings is 2. The number of fused-ring (bicyclic) bond motifs is 1. The lowest BCUT2D eigenvalue weighted by atomic mass is 10.2. The Balaban J connectivity index is 1.61. The maximum Gasteiger partial charge on any atom is 0.262 e. The summed E-state index contributed by atoms with van der Waals surface area (Å²) in [4.78, 5) is 16.6. The fraction of sp³-hybridized carbons (Fsp3) is 0.167. The topological polar surface area (TPSA) is 116 Å². The van der Waals surface area contributed by atoms with E-state index in [1.807, 2.05) is 24.3 Å². The summed E-state index contributed by atoms with van der Waals surface area (Å²) < 4.78 is 5.98. The number of hydrogen-bond donors (Lipinski definition) is 4. The monoisotopic (exact) mass is 386 g/mol. The van der Waals surface area contributed by atoms with Crippen molar-refractivity contribution in [3.05, 3.63) is 42.0 Å². The van der Waals surface area contributed by atoms with E-state index in [0.29, 0.717) is 10.7 Å². The van der Waals surface area contributed by atoms with Crippen LogP contribution in [0.25, 0.3) is 10.2 Å². The highest BCUT2D eigenvalue weighted by atomic mass is 32.1. The van der Waals surface area contributed by atoms with Crippen molar-refractivity contribution in [2.24, 2.45) is 5.10 Å². The fourth-order valence-corrected chi connectivity index (χ4v) is 3.25. The number of hydrazone groups is 1. The number of aromatic hydroxyl groups is 2. The van der Waals surface area contributed by atoms with Crippen molar-refractivity contribution in [3.8, 4) is 17.2 Å². The normalized spacial score (nSPS) is 12.2. The largest absolute Gasteiger partial charge is 0.504 e. The zero-order valence-corrected chi connectivity index (χ0v) is 15.4. The number of rotatable bonds is 6. The summed E-state index contributed by atoms with van der Waals surface area (Å²) in [5, 5.41) is 26.8. The van der Waals surface area contributed by atoms with Crippen molar-refractivity contribution in [3.63, 3.8) is 0 Å². The highest BCUT2D eigenvalue weighted by Crippen LogP contribution is 2.35. The van der Waals surface area contributed by atoms with Crippen molar-refractivity contribution >= 4 is 38.8 Å². The van der Waals surface area contributed by atoms with Crippen LogP contribution < -0.4 is 15.5 Å². The van der Waals surface area contributed by atoms with E-state index in [4.69, 9.17) is 4.74 Å². The van der Waals surface area contributed by atoms with E-state index in [0.717, 1.165) is 10.2 Å². The van der Waals surface area contributed by atoms with E-state index in [1.165, 1.54) is 36.8 Å². The Morgan fingerprint density at radius 3 is 2.85 bits per heavy atom. The Bertz CT molecular complexity index is 969. The van der Waals surface area contributed by atoms with Gasteiger partial charge in [-0.3, -0.25) is 4.79 Å². The zero-order chi connectivity index (χ0) is 19.4. The van der Waals surface area contributed by atoms with E-state index in [9.17, 15) is 15.0 Å². The molecule has 0 spiro atoms. The first-order valence-corrected chi connectivity index (χ1v) is 8.84. The second-order valence-electron chi connectivity index (χ2n) is 5.68. The van der Waals surface area contributed by atoms with Gasteiger partial charge >= 0.3 is 0 Å². The smallest absolute Gasteiger partial charge is 0.262 e. The molecule has 9 heteroatoms. The molecule has 27 heavy (non-hydrogen) atoms. The second-order valence-corrected chi connectivity index (χ2v) is 6.71. The van der Waals surface area contributed by atoms with Gasteiger partial charge in [0, 0.05) is 5.56 Å². The molecule has 0 bridgehead atoms. The Hall–Kier alpha value is -3.33. The van der Waals surface area contributed by atoms with Gasteiger partial charge in [0.05, 0.1) is 23.5 Å². The Morgan fingerprint density at radius 1 is 1.33 bits per heavy atom. The van der Waals surface area contributed by atoms with Crippen molar-refractivity contribution < 1.29 is 19.7 Å². The highest BCUT2D eigenvalue weighted by molar-refractivity contribution is 7.22. The van der Waals surface area contributed by atoms with Gasteiger partial charge in [-0.15, -0.1) is 0 Å². The van der Waals surface area contributed by atoms with Crippen LogP contribution in [-0.2, 0) is 4.79 Å². The third-order valence-electron chi connectivity index (χ3n) is 3.71. The molecule has 0 aliphatic carbocycles. The van der Waals surface area contributed by atoms with Crippen LogP contribution in [0.2, 0.25) is 0 Å². The number of hydrogen-bond acceptors (Lipinski definition) is 8. The molecule has 8 nitrogen and oxygen atoms in total. The summed E-state index contributed by atoms with van der Waals surface area (Å²) in [6.45, 7) is 1.70. The molecule has 140 valence electrons. The molecule has 1 heterocycles. The third kappa shape index (κ3) is 4.26. The fourth-order valence-electron chi connectivity index (χ4n) is 2.30. The number of carbonyl (C=O) groups excluding carboxylic acids is 1. The minimum atomic E-state index is -0.550. The van der Waals surface area contributed by atoms with Crippen LogP contribution in [0.3, 0.4) is 0 Å². The predicted octanol–water partition coefficient (Wildman–Crippen LogP) is 2.67. The number of phenolic OH excluding ortho intramolecular Hbond substituents is 2. The number of nitrogens with one attached hydrogen (secondary N) is 2. The van der Waals surface area contributed by atoms with E-state index < -0.39 is 6.04 Å². The first-order valence-electron chi connectivity index (χ1n) is 8.03. The van der Waals surface area contributed by atoms with Crippen LogP contribution in [0.4, 0.5) is 5.13 Å². The molecule has 2 aromatic carbocycles.